The highest BCUT2D eigenvalue weighted by Gasteiger charge is 2.40. The van der Waals surface area contributed by atoms with Crippen molar-refractivity contribution < 1.29 is 4.79 Å². The van der Waals surface area contributed by atoms with Crippen molar-refractivity contribution in [1.29, 1.82) is 0 Å². The maximum Gasteiger partial charge on any atom is 0.224 e. The van der Waals surface area contributed by atoms with Gasteiger partial charge in [-0.25, -0.2) is 0 Å². The monoisotopic (exact) mass is 243 g/mol. The van der Waals surface area contributed by atoms with Crippen LogP contribution in [-0.2, 0) is 4.79 Å². The molecule has 3 rings (SSSR count). The van der Waals surface area contributed by atoms with Gasteiger partial charge in [0.25, 0.3) is 0 Å². The molecular formula is C16H21NO. The highest BCUT2D eigenvalue weighted by molar-refractivity contribution is 5.90. The van der Waals surface area contributed by atoms with Crippen molar-refractivity contribution >= 4 is 11.6 Å². The average Bonchev–Trinajstić information content (AvgIpc) is 2.94. The van der Waals surface area contributed by atoms with Crippen LogP contribution in [0, 0.1) is 24.7 Å². The second-order valence-corrected chi connectivity index (χ2v) is 6.05. The minimum atomic E-state index is 0.191. The van der Waals surface area contributed by atoms with Crippen molar-refractivity contribution in [3.63, 3.8) is 0 Å². The summed E-state index contributed by atoms with van der Waals surface area (Å²) in [5.74, 6) is 2.59. The van der Waals surface area contributed by atoms with Gasteiger partial charge in [-0.15, -0.1) is 0 Å². The molecule has 1 N–H and O–H groups in total. The van der Waals surface area contributed by atoms with E-state index in [9.17, 15) is 4.79 Å². The largest absolute Gasteiger partial charge is 0.326 e. The van der Waals surface area contributed by atoms with Gasteiger partial charge in [0.05, 0.1) is 0 Å². The predicted octanol–water partition coefficient (Wildman–Crippen LogP) is 3.76. The number of hydrogen-bond donors (Lipinski definition) is 1. The fourth-order valence-electron chi connectivity index (χ4n) is 3.71. The van der Waals surface area contributed by atoms with Crippen LogP contribution >= 0.6 is 0 Å². The quantitative estimate of drug-likeness (QED) is 0.860. The van der Waals surface area contributed by atoms with Gasteiger partial charge in [0.2, 0.25) is 5.91 Å². The Morgan fingerprint density at radius 1 is 1.22 bits per heavy atom. The number of carbonyl (C=O) groups excluding carboxylic acids is 1. The summed E-state index contributed by atoms with van der Waals surface area (Å²) in [7, 11) is 0. The summed E-state index contributed by atoms with van der Waals surface area (Å²) in [4.78, 5) is 12.0. The summed E-state index contributed by atoms with van der Waals surface area (Å²) in [6.07, 6.45) is 6.14. The first-order valence-electron chi connectivity index (χ1n) is 7.07. The lowest BCUT2D eigenvalue weighted by Crippen LogP contribution is -2.20. The molecule has 1 amide bonds. The van der Waals surface area contributed by atoms with Gasteiger partial charge in [-0.1, -0.05) is 24.1 Å². The fourth-order valence-corrected chi connectivity index (χ4v) is 3.71. The first kappa shape index (κ1) is 11.8. The maximum atomic E-state index is 12.0. The molecule has 96 valence electrons. The van der Waals surface area contributed by atoms with E-state index in [-0.39, 0.29) is 5.91 Å². The van der Waals surface area contributed by atoms with Crippen LogP contribution in [-0.4, -0.2) is 5.91 Å². The lowest BCUT2D eigenvalue weighted by atomic mass is 9.86. The van der Waals surface area contributed by atoms with E-state index < -0.39 is 0 Å². The first-order chi connectivity index (χ1) is 8.70. The smallest absolute Gasteiger partial charge is 0.224 e. The molecule has 2 saturated carbocycles. The van der Waals surface area contributed by atoms with E-state index in [1.165, 1.54) is 31.2 Å². The number of fused-ring (bicyclic) bond motifs is 2. The van der Waals surface area contributed by atoms with Gasteiger partial charge in [-0.05, 0) is 56.1 Å². The molecule has 0 heterocycles. The van der Waals surface area contributed by atoms with Crippen molar-refractivity contribution in [2.75, 3.05) is 5.32 Å². The minimum absolute atomic E-state index is 0.191. The Hall–Kier alpha value is -1.31. The summed E-state index contributed by atoms with van der Waals surface area (Å²) in [5, 5.41) is 3.02. The number of hydrogen-bond acceptors (Lipinski definition) is 1. The van der Waals surface area contributed by atoms with Crippen LogP contribution in [0.3, 0.4) is 0 Å². The van der Waals surface area contributed by atoms with Crippen LogP contribution < -0.4 is 5.32 Å². The third-order valence-corrected chi connectivity index (χ3v) is 4.67. The Bertz CT molecular complexity index is 437. The lowest BCUT2D eigenvalue weighted by molar-refractivity contribution is -0.117. The second kappa shape index (κ2) is 4.75. The third kappa shape index (κ3) is 2.43. The zero-order valence-corrected chi connectivity index (χ0v) is 11.0. The Kier molecular flexibility index (Phi) is 3.11. The zero-order chi connectivity index (χ0) is 12.5. The van der Waals surface area contributed by atoms with E-state index >= 15 is 0 Å². The molecule has 0 aliphatic heterocycles. The van der Waals surface area contributed by atoms with Crippen LogP contribution in [0.1, 0.15) is 37.7 Å². The Balaban J connectivity index is 1.54. The lowest BCUT2D eigenvalue weighted by Gasteiger charge is -2.20. The van der Waals surface area contributed by atoms with Crippen LogP contribution in [0.2, 0.25) is 0 Å². The molecule has 1 aromatic rings. The number of nitrogens with one attached hydrogen (secondary N) is 1. The van der Waals surface area contributed by atoms with E-state index in [1.807, 2.05) is 24.3 Å². The molecule has 2 bridgehead atoms. The summed E-state index contributed by atoms with van der Waals surface area (Å²) >= 11 is 0. The fraction of sp³-hybridized carbons (Fsp3) is 0.562. The SMILES string of the molecule is Cc1ccc(NC(=O)CC2CC3CCC2C3)cc1. The van der Waals surface area contributed by atoms with E-state index in [0.717, 1.165) is 23.9 Å². The molecule has 2 fully saturated rings. The van der Waals surface area contributed by atoms with Gasteiger partial charge in [0.1, 0.15) is 0 Å². The molecule has 18 heavy (non-hydrogen) atoms. The third-order valence-electron chi connectivity index (χ3n) is 4.67. The Morgan fingerprint density at radius 3 is 2.61 bits per heavy atom. The molecule has 0 spiro atoms. The minimum Gasteiger partial charge on any atom is -0.326 e. The summed E-state index contributed by atoms with van der Waals surface area (Å²) in [6.45, 7) is 2.06. The molecule has 0 aromatic heterocycles. The molecular weight excluding hydrogens is 222 g/mol. The number of anilines is 1. The van der Waals surface area contributed by atoms with Gasteiger partial charge in [-0.3, -0.25) is 4.79 Å². The Labute approximate surface area is 109 Å². The van der Waals surface area contributed by atoms with Gasteiger partial charge >= 0.3 is 0 Å². The van der Waals surface area contributed by atoms with Crippen molar-refractivity contribution in [3.05, 3.63) is 29.8 Å². The first-order valence-corrected chi connectivity index (χ1v) is 7.07. The highest BCUT2D eigenvalue weighted by atomic mass is 16.1. The van der Waals surface area contributed by atoms with Crippen molar-refractivity contribution in [2.24, 2.45) is 17.8 Å². The van der Waals surface area contributed by atoms with E-state index in [2.05, 4.69) is 12.2 Å². The van der Waals surface area contributed by atoms with Gasteiger partial charge < -0.3 is 5.32 Å². The topological polar surface area (TPSA) is 29.1 Å². The molecule has 3 unspecified atom stereocenters. The molecule has 0 saturated heterocycles. The molecule has 0 radical (unpaired) electrons. The number of amides is 1. The summed E-state index contributed by atoms with van der Waals surface area (Å²) in [6, 6.07) is 8.03. The van der Waals surface area contributed by atoms with Crippen LogP contribution in [0.25, 0.3) is 0 Å². The predicted molar refractivity (Wildman–Crippen MR) is 73.4 cm³/mol. The number of rotatable bonds is 3. The normalized spacial score (nSPS) is 29.5. The van der Waals surface area contributed by atoms with E-state index in [0.29, 0.717) is 5.92 Å². The molecule has 2 aliphatic rings. The maximum absolute atomic E-state index is 12.0. The molecule has 2 aliphatic carbocycles. The van der Waals surface area contributed by atoms with Crippen molar-refractivity contribution in [1.82, 2.24) is 0 Å². The van der Waals surface area contributed by atoms with Crippen molar-refractivity contribution in [3.8, 4) is 0 Å². The summed E-state index contributed by atoms with van der Waals surface area (Å²) in [5.41, 5.74) is 2.15. The van der Waals surface area contributed by atoms with Crippen molar-refractivity contribution in [2.45, 2.75) is 39.0 Å². The number of benzene rings is 1. The standard InChI is InChI=1S/C16H21NO/c1-11-2-6-15(7-3-11)17-16(18)10-14-9-12-4-5-13(14)8-12/h2-3,6-7,12-14H,4-5,8-10H2,1H3,(H,17,18). The summed E-state index contributed by atoms with van der Waals surface area (Å²) < 4.78 is 0. The highest BCUT2D eigenvalue weighted by Crippen LogP contribution is 2.49. The molecule has 3 atom stereocenters. The van der Waals surface area contributed by atoms with Crippen LogP contribution in [0.15, 0.2) is 24.3 Å². The number of carbonyl (C=O) groups is 1. The van der Waals surface area contributed by atoms with E-state index in [1.54, 1.807) is 0 Å². The van der Waals surface area contributed by atoms with Gasteiger partial charge in [0.15, 0.2) is 0 Å². The average molecular weight is 243 g/mol. The van der Waals surface area contributed by atoms with Gasteiger partial charge in [0, 0.05) is 12.1 Å². The Morgan fingerprint density at radius 2 is 2.00 bits per heavy atom. The molecule has 2 heteroatoms. The van der Waals surface area contributed by atoms with Crippen LogP contribution in [0.5, 0.6) is 0 Å². The van der Waals surface area contributed by atoms with E-state index in [4.69, 9.17) is 0 Å². The molecule has 1 aromatic carbocycles. The zero-order valence-electron chi connectivity index (χ0n) is 11.0. The van der Waals surface area contributed by atoms with Crippen LogP contribution in [0.4, 0.5) is 5.69 Å². The molecule has 2 nitrogen and oxygen atoms in total. The second-order valence-electron chi connectivity index (χ2n) is 6.05. The van der Waals surface area contributed by atoms with Gasteiger partial charge in [-0.2, -0.15) is 0 Å². The number of aryl methyl sites for hydroxylation is 1.